The third kappa shape index (κ3) is 5.06. The van der Waals surface area contributed by atoms with Crippen LogP contribution in [0.15, 0.2) is 59.0 Å². The number of hydrogen-bond donors (Lipinski definition) is 1. The van der Waals surface area contributed by atoms with Gasteiger partial charge in [0.25, 0.3) is 5.91 Å². The summed E-state index contributed by atoms with van der Waals surface area (Å²) < 4.78 is 21.3. The summed E-state index contributed by atoms with van der Waals surface area (Å²) in [6, 6.07) is 15.6. The molecular formula is C24H25NO6. The first-order valence-electron chi connectivity index (χ1n) is 9.72. The number of aryl methyl sites for hydroxylation is 1. The van der Waals surface area contributed by atoms with Crippen molar-refractivity contribution >= 4 is 11.9 Å². The summed E-state index contributed by atoms with van der Waals surface area (Å²) in [6.45, 7) is 1.70. The molecule has 0 bridgehead atoms. The largest absolute Gasteiger partial charge is 0.493 e. The van der Waals surface area contributed by atoms with Crippen molar-refractivity contribution in [1.82, 2.24) is 5.32 Å². The van der Waals surface area contributed by atoms with Gasteiger partial charge in [0.2, 0.25) is 0 Å². The van der Waals surface area contributed by atoms with Crippen LogP contribution >= 0.6 is 0 Å². The number of carbonyl (C=O) groups excluding carboxylic acids is 2. The Morgan fingerprint density at radius 1 is 0.968 bits per heavy atom. The van der Waals surface area contributed by atoms with E-state index in [1.165, 1.54) is 7.11 Å². The normalized spacial score (nSPS) is 11.5. The maximum absolute atomic E-state index is 12.9. The predicted molar refractivity (Wildman–Crippen MR) is 115 cm³/mol. The van der Waals surface area contributed by atoms with Crippen molar-refractivity contribution in [2.45, 2.75) is 19.4 Å². The lowest BCUT2D eigenvalue weighted by atomic mass is 10.1. The monoisotopic (exact) mass is 423 g/mol. The Bertz CT molecular complexity index is 1060. The summed E-state index contributed by atoms with van der Waals surface area (Å²) in [5.41, 5.74) is 1.98. The van der Waals surface area contributed by atoms with E-state index < -0.39 is 17.9 Å². The van der Waals surface area contributed by atoms with Gasteiger partial charge in [0.15, 0.2) is 11.5 Å². The third-order valence-electron chi connectivity index (χ3n) is 4.90. The molecular weight excluding hydrogens is 398 g/mol. The smallest absolute Gasteiger partial charge is 0.328 e. The molecule has 0 aliphatic rings. The average Bonchev–Trinajstić information content (AvgIpc) is 3.19. The second-order valence-electron chi connectivity index (χ2n) is 6.89. The second kappa shape index (κ2) is 9.84. The Balaban J connectivity index is 1.83. The fourth-order valence-corrected chi connectivity index (χ4v) is 3.26. The van der Waals surface area contributed by atoms with Crippen molar-refractivity contribution in [2.75, 3.05) is 21.3 Å². The van der Waals surface area contributed by atoms with E-state index in [0.717, 1.165) is 11.1 Å². The van der Waals surface area contributed by atoms with Gasteiger partial charge in [-0.1, -0.05) is 30.3 Å². The number of hydrogen-bond acceptors (Lipinski definition) is 6. The lowest BCUT2D eigenvalue weighted by Crippen LogP contribution is -2.43. The van der Waals surface area contributed by atoms with Crippen LogP contribution in [-0.4, -0.2) is 39.2 Å². The van der Waals surface area contributed by atoms with Crippen molar-refractivity contribution in [3.8, 4) is 22.8 Å². The fraction of sp³-hybridized carbons (Fsp3) is 0.250. The lowest BCUT2D eigenvalue weighted by Gasteiger charge is -2.16. The van der Waals surface area contributed by atoms with Gasteiger partial charge >= 0.3 is 5.97 Å². The van der Waals surface area contributed by atoms with Gasteiger partial charge in [-0.2, -0.15) is 0 Å². The van der Waals surface area contributed by atoms with E-state index in [1.807, 2.05) is 36.4 Å². The molecule has 7 heteroatoms. The summed E-state index contributed by atoms with van der Waals surface area (Å²) >= 11 is 0. The molecule has 0 spiro atoms. The first kappa shape index (κ1) is 22.0. The third-order valence-corrected chi connectivity index (χ3v) is 4.90. The minimum Gasteiger partial charge on any atom is -0.493 e. The van der Waals surface area contributed by atoms with E-state index in [4.69, 9.17) is 18.6 Å². The molecule has 1 atom stereocenters. The molecule has 3 aromatic rings. The molecule has 1 heterocycles. The molecule has 0 saturated carbocycles. The standard InChI is InChI=1S/C24H25NO6/c1-15-18(14-21(31-15)17-10-11-20(28-2)22(13-17)29-3)23(26)25-19(24(27)30-4)12-16-8-6-5-7-9-16/h5-11,13-14,19H,12H2,1-4H3,(H,25,26)/t19-/m1/s1. The molecule has 1 N–H and O–H groups in total. The Morgan fingerprint density at radius 2 is 1.68 bits per heavy atom. The maximum atomic E-state index is 12.9. The number of ether oxygens (including phenoxy) is 3. The molecule has 1 aromatic heterocycles. The van der Waals surface area contributed by atoms with Crippen LogP contribution in [0.4, 0.5) is 0 Å². The predicted octanol–water partition coefficient (Wildman–Crippen LogP) is 3.79. The summed E-state index contributed by atoms with van der Waals surface area (Å²) in [5, 5.41) is 2.76. The number of amides is 1. The van der Waals surface area contributed by atoms with Crippen molar-refractivity contribution in [3.05, 3.63) is 71.5 Å². The zero-order chi connectivity index (χ0) is 22.4. The van der Waals surface area contributed by atoms with Gasteiger partial charge in [0.1, 0.15) is 17.6 Å². The zero-order valence-electron chi connectivity index (χ0n) is 17.9. The quantitative estimate of drug-likeness (QED) is 0.555. The highest BCUT2D eigenvalue weighted by Gasteiger charge is 2.25. The Labute approximate surface area is 180 Å². The summed E-state index contributed by atoms with van der Waals surface area (Å²) in [7, 11) is 4.41. The van der Waals surface area contributed by atoms with Gasteiger partial charge in [0.05, 0.1) is 26.9 Å². The molecule has 0 radical (unpaired) electrons. The van der Waals surface area contributed by atoms with Gasteiger partial charge < -0.3 is 23.9 Å². The zero-order valence-corrected chi connectivity index (χ0v) is 17.9. The van der Waals surface area contributed by atoms with E-state index in [-0.39, 0.29) is 0 Å². The van der Waals surface area contributed by atoms with Crippen LogP contribution in [0.2, 0.25) is 0 Å². The number of carbonyl (C=O) groups is 2. The number of methoxy groups -OCH3 is 3. The van der Waals surface area contributed by atoms with E-state index in [1.54, 1.807) is 39.3 Å². The first-order valence-corrected chi connectivity index (χ1v) is 9.72. The molecule has 3 rings (SSSR count). The SMILES string of the molecule is COC(=O)[C@@H](Cc1ccccc1)NC(=O)c1cc(-c2ccc(OC)c(OC)c2)oc1C. The van der Waals surface area contributed by atoms with Crippen molar-refractivity contribution in [1.29, 1.82) is 0 Å². The highest BCUT2D eigenvalue weighted by Crippen LogP contribution is 2.34. The van der Waals surface area contributed by atoms with Crippen LogP contribution in [0.25, 0.3) is 11.3 Å². The van der Waals surface area contributed by atoms with Gasteiger partial charge in [-0.05, 0) is 36.8 Å². The average molecular weight is 423 g/mol. The Morgan fingerprint density at radius 3 is 2.32 bits per heavy atom. The molecule has 0 saturated heterocycles. The van der Waals surface area contributed by atoms with Crippen molar-refractivity contribution in [3.63, 3.8) is 0 Å². The van der Waals surface area contributed by atoms with Gasteiger partial charge in [-0.25, -0.2) is 4.79 Å². The summed E-state index contributed by atoms with van der Waals surface area (Å²) in [6.07, 6.45) is 0.318. The molecule has 0 aliphatic carbocycles. The van der Waals surface area contributed by atoms with E-state index in [0.29, 0.717) is 35.0 Å². The Kier molecular flexibility index (Phi) is 6.97. The number of esters is 1. The highest BCUT2D eigenvalue weighted by molar-refractivity contribution is 5.98. The van der Waals surface area contributed by atoms with Crippen molar-refractivity contribution in [2.24, 2.45) is 0 Å². The molecule has 0 fully saturated rings. The molecule has 162 valence electrons. The van der Waals surface area contributed by atoms with Crippen LogP contribution in [0.1, 0.15) is 21.7 Å². The molecule has 7 nitrogen and oxygen atoms in total. The second-order valence-corrected chi connectivity index (χ2v) is 6.89. The Hall–Kier alpha value is -3.74. The molecule has 31 heavy (non-hydrogen) atoms. The van der Waals surface area contributed by atoms with Crippen LogP contribution < -0.4 is 14.8 Å². The number of nitrogens with one attached hydrogen (secondary N) is 1. The van der Waals surface area contributed by atoms with Gasteiger partial charge in [-0.15, -0.1) is 0 Å². The summed E-state index contributed by atoms with van der Waals surface area (Å²) in [5.74, 6) is 1.15. The lowest BCUT2D eigenvalue weighted by molar-refractivity contribution is -0.142. The van der Waals surface area contributed by atoms with Crippen LogP contribution in [0, 0.1) is 6.92 Å². The topological polar surface area (TPSA) is 87.0 Å². The van der Waals surface area contributed by atoms with E-state index >= 15 is 0 Å². The highest BCUT2D eigenvalue weighted by atomic mass is 16.5. The van der Waals surface area contributed by atoms with Crippen LogP contribution in [0.3, 0.4) is 0 Å². The van der Waals surface area contributed by atoms with E-state index in [9.17, 15) is 9.59 Å². The number of furan rings is 1. The molecule has 0 unspecified atom stereocenters. The summed E-state index contributed by atoms with van der Waals surface area (Å²) in [4.78, 5) is 25.2. The minimum atomic E-state index is -0.821. The number of benzene rings is 2. The van der Waals surface area contributed by atoms with Crippen molar-refractivity contribution < 1.29 is 28.2 Å². The number of rotatable bonds is 8. The maximum Gasteiger partial charge on any atom is 0.328 e. The molecule has 0 aliphatic heterocycles. The van der Waals surface area contributed by atoms with Crippen LogP contribution in [0.5, 0.6) is 11.5 Å². The van der Waals surface area contributed by atoms with Gasteiger partial charge in [-0.3, -0.25) is 4.79 Å². The van der Waals surface area contributed by atoms with Crippen LogP contribution in [-0.2, 0) is 16.0 Å². The van der Waals surface area contributed by atoms with Gasteiger partial charge in [0, 0.05) is 12.0 Å². The van der Waals surface area contributed by atoms with E-state index in [2.05, 4.69) is 5.32 Å². The molecule has 2 aromatic carbocycles. The first-order chi connectivity index (χ1) is 15.0. The molecule has 1 amide bonds. The fourth-order valence-electron chi connectivity index (χ4n) is 3.26. The minimum absolute atomic E-state index is 0.318.